The highest BCUT2D eigenvalue weighted by molar-refractivity contribution is 5.87. The Bertz CT molecular complexity index is 686. The van der Waals surface area contributed by atoms with E-state index in [0.29, 0.717) is 17.8 Å². The van der Waals surface area contributed by atoms with Gasteiger partial charge in [-0.1, -0.05) is 18.6 Å². The normalized spacial score (nSPS) is 28.9. The lowest BCUT2D eigenvalue weighted by molar-refractivity contribution is 0.259. The zero-order valence-corrected chi connectivity index (χ0v) is 12.8. The van der Waals surface area contributed by atoms with Crippen molar-refractivity contribution in [3.63, 3.8) is 0 Å². The van der Waals surface area contributed by atoms with E-state index >= 15 is 0 Å². The molecule has 5 nitrogen and oxygen atoms in total. The Morgan fingerprint density at radius 1 is 1.14 bits per heavy atom. The molecule has 116 valence electrons. The van der Waals surface area contributed by atoms with Crippen LogP contribution in [0.2, 0.25) is 0 Å². The molecule has 22 heavy (non-hydrogen) atoms. The summed E-state index contributed by atoms with van der Waals surface area (Å²) in [7, 11) is 0. The van der Waals surface area contributed by atoms with Crippen molar-refractivity contribution in [2.45, 2.75) is 31.8 Å². The van der Waals surface area contributed by atoms with Crippen LogP contribution in [-0.2, 0) is 6.54 Å². The number of nitrogens with zero attached hydrogens (tertiary/aromatic N) is 3. The molecule has 1 aromatic carbocycles. The van der Waals surface area contributed by atoms with Gasteiger partial charge in [-0.05, 0) is 36.8 Å². The zero-order chi connectivity index (χ0) is 15.1. The first-order chi connectivity index (χ1) is 10.7. The Balaban J connectivity index is 1.54. The molecule has 0 amide bonds. The van der Waals surface area contributed by atoms with Gasteiger partial charge in [0.2, 0.25) is 0 Å². The minimum Gasteiger partial charge on any atom is -0.383 e. The SMILES string of the molecule is Nc1nc(CN2CC3CCCC(N)C3C2)nc2ccccc12. The van der Waals surface area contributed by atoms with Crippen LogP contribution in [0, 0.1) is 11.8 Å². The van der Waals surface area contributed by atoms with E-state index in [1.54, 1.807) is 0 Å². The van der Waals surface area contributed by atoms with Crippen molar-refractivity contribution in [2.24, 2.45) is 17.6 Å². The molecule has 2 aliphatic rings. The molecule has 1 saturated heterocycles. The third-order valence-electron chi connectivity index (χ3n) is 5.27. The van der Waals surface area contributed by atoms with Crippen LogP contribution < -0.4 is 11.5 Å². The molecule has 4 rings (SSSR count). The van der Waals surface area contributed by atoms with Crippen molar-refractivity contribution in [1.29, 1.82) is 0 Å². The zero-order valence-electron chi connectivity index (χ0n) is 12.8. The second kappa shape index (κ2) is 5.48. The summed E-state index contributed by atoms with van der Waals surface area (Å²) in [4.78, 5) is 11.6. The van der Waals surface area contributed by atoms with Crippen molar-refractivity contribution in [3.8, 4) is 0 Å². The first-order valence-corrected chi connectivity index (χ1v) is 8.20. The highest BCUT2D eigenvalue weighted by Gasteiger charge is 2.38. The molecule has 0 radical (unpaired) electrons. The van der Waals surface area contributed by atoms with E-state index in [4.69, 9.17) is 11.5 Å². The van der Waals surface area contributed by atoms with Crippen LogP contribution in [0.15, 0.2) is 24.3 Å². The first kappa shape index (κ1) is 13.9. The molecule has 1 aromatic heterocycles. The van der Waals surface area contributed by atoms with E-state index in [2.05, 4.69) is 14.9 Å². The molecular weight excluding hydrogens is 274 g/mol. The molecule has 1 saturated carbocycles. The molecule has 2 aromatic rings. The largest absolute Gasteiger partial charge is 0.383 e. The topological polar surface area (TPSA) is 81.1 Å². The fraction of sp³-hybridized carbons (Fsp3) is 0.529. The van der Waals surface area contributed by atoms with E-state index < -0.39 is 0 Å². The summed E-state index contributed by atoms with van der Waals surface area (Å²) in [6.45, 7) is 2.96. The lowest BCUT2D eigenvalue weighted by Gasteiger charge is -2.29. The molecule has 4 N–H and O–H groups in total. The van der Waals surface area contributed by atoms with E-state index in [1.165, 1.54) is 19.3 Å². The monoisotopic (exact) mass is 297 g/mol. The minimum absolute atomic E-state index is 0.367. The summed E-state index contributed by atoms with van der Waals surface area (Å²) in [6, 6.07) is 8.29. The number of nitrogen functional groups attached to an aromatic ring is 1. The van der Waals surface area contributed by atoms with Crippen LogP contribution in [0.25, 0.3) is 10.9 Å². The molecule has 0 spiro atoms. The van der Waals surface area contributed by atoms with Crippen LogP contribution in [-0.4, -0.2) is 34.0 Å². The number of aromatic nitrogens is 2. The maximum atomic E-state index is 6.30. The average Bonchev–Trinajstić information content (AvgIpc) is 2.91. The second-order valence-electron chi connectivity index (χ2n) is 6.75. The molecular formula is C17H23N5. The third kappa shape index (κ3) is 2.44. The van der Waals surface area contributed by atoms with Gasteiger partial charge in [-0.2, -0.15) is 0 Å². The summed E-state index contributed by atoms with van der Waals surface area (Å²) < 4.78 is 0. The van der Waals surface area contributed by atoms with Gasteiger partial charge in [0, 0.05) is 24.5 Å². The standard InChI is InChI=1S/C17H23N5/c18-14-6-3-4-11-8-22(9-13(11)14)10-16-20-15-7-2-1-5-12(15)17(19)21-16/h1-2,5,7,11,13-14H,3-4,6,8-10,18H2,(H2,19,20,21). The molecule has 3 atom stereocenters. The smallest absolute Gasteiger partial charge is 0.145 e. The van der Waals surface area contributed by atoms with Gasteiger partial charge in [-0.15, -0.1) is 0 Å². The minimum atomic E-state index is 0.367. The summed E-state index contributed by atoms with van der Waals surface area (Å²) in [6.07, 6.45) is 3.76. The number of para-hydroxylation sites is 1. The summed E-state index contributed by atoms with van der Waals surface area (Å²) in [5, 5.41) is 0.934. The van der Waals surface area contributed by atoms with Gasteiger partial charge >= 0.3 is 0 Å². The highest BCUT2D eigenvalue weighted by atomic mass is 15.2. The Labute approximate surface area is 130 Å². The molecule has 1 aliphatic carbocycles. The Hall–Kier alpha value is -1.72. The van der Waals surface area contributed by atoms with Crippen LogP contribution in [0.5, 0.6) is 0 Å². The second-order valence-corrected chi connectivity index (χ2v) is 6.75. The molecule has 3 unspecified atom stereocenters. The maximum Gasteiger partial charge on any atom is 0.145 e. The van der Waals surface area contributed by atoms with Gasteiger partial charge < -0.3 is 11.5 Å². The Morgan fingerprint density at radius 2 is 2.00 bits per heavy atom. The average molecular weight is 297 g/mol. The number of nitrogens with two attached hydrogens (primary N) is 2. The van der Waals surface area contributed by atoms with Crippen LogP contribution in [0.4, 0.5) is 5.82 Å². The van der Waals surface area contributed by atoms with Crippen molar-refractivity contribution >= 4 is 16.7 Å². The number of benzene rings is 1. The van der Waals surface area contributed by atoms with Crippen molar-refractivity contribution in [2.75, 3.05) is 18.8 Å². The molecule has 0 bridgehead atoms. The van der Waals surface area contributed by atoms with E-state index in [9.17, 15) is 0 Å². The van der Waals surface area contributed by atoms with Gasteiger partial charge in [0.15, 0.2) is 0 Å². The molecule has 2 heterocycles. The van der Waals surface area contributed by atoms with Crippen molar-refractivity contribution in [3.05, 3.63) is 30.1 Å². The van der Waals surface area contributed by atoms with Gasteiger partial charge in [0.05, 0.1) is 12.1 Å². The molecule has 1 aliphatic heterocycles. The van der Waals surface area contributed by atoms with Crippen molar-refractivity contribution < 1.29 is 0 Å². The fourth-order valence-electron chi connectivity index (χ4n) is 4.16. The van der Waals surface area contributed by atoms with Gasteiger partial charge in [0.25, 0.3) is 0 Å². The highest BCUT2D eigenvalue weighted by Crippen LogP contribution is 2.36. The predicted octanol–water partition coefficient (Wildman–Crippen LogP) is 1.77. The summed E-state index contributed by atoms with van der Waals surface area (Å²) in [5.41, 5.74) is 13.3. The number of anilines is 1. The van der Waals surface area contributed by atoms with E-state index in [-0.39, 0.29) is 0 Å². The Kier molecular flexibility index (Phi) is 3.47. The number of fused-ring (bicyclic) bond motifs is 2. The number of hydrogen-bond donors (Lipinski definition) is 2. The lowest BCUT2D eigenvalue weighted by Crippen LogP contribution is -2.38. The van der Waals surface area contributed by atoms with Gasteiger partial charge in [0.1, 0.15) is 11.6 Å². The van der Waals surface area contributed by atoms with Crippen LogP contribution >= 0.6 is 0 Å². The van der Waals surface area contributed by atoms with Gasteiger partial charge in [-0.25, -0.2) is 9.97 Å². The molecule has 2 fully saturated rings. The summed E-state index contributed by atoms with van der Waals surface area (Å²) in [5.74, 6) is 2.80. The van der Waals surface area contributed by atoms with E-state index in [0.717, 1.165) is 42.3 Å². The van der Waals surface area contributed by atoms with Gasteiger partial charge in [-0.3, -0.25) is 4.90 Å². The van der Waals surface area contributed by atoms with Crippen LogP contribution in [0.3, 0.4) is 0 Å². The summed E-state index contributed by atoms with van der Waals surface area (Å²) >= 11 is 0. The lowest BCUT2D eigenvalue weighted by atomic mass is 9.78. The van der Waals surface area contributed by atoms with Crippen LogP contribution in [0.1, 0.15) is 25.1 Å². The molecule has 5 heteroatoms. The Morgan fingerprint density at radius 3 is 2.86 bits per heavy atom. The quantitative estimate of drug-likeness (QED) is 0.883. The number of likely N-dealkylation sites (tertiary alicyclic amines) is 1. The predicted molar refractivity (Wildman–Crippen MR) is 88.0 cm³/mol. The maximum absolute atomic E-state index is 6.30. The van der Waals surface area contributed by atoms with E-state index in [1.807, 2.05) is 24.3 Å². The first-order valence-electron chi connectivity index (χ1n) is 8.20. The third-order valence-corrected chi connectivity index (χ3v) is 5.27. The van der Waals surface area contributed by atoms with Crippen molar-refractivity contribution in [1.82, 2.24) is 14.9 Å². The fourth-order valence-corrected chi connectivity index (χ4v) is 4.16. The number of hydrogen-bond acceptors (Lipinski definition) is 5. The number of rotatable bonds is 2.